The molecular formula is C15H14N4O2S. The molecule has 0 bridgehead atoms. The van der Waals surface area contributed by atoms with Crippen LogP contribution < -0.4 is 0 Å². The molecule has 2 heterocycles. The summed E-state index contributed by atoms with van der Waals surface area (Å²) in [5.74, 6) is -0.330. The van der Waals surface area contributed by atoms with Crippen LogP contribution >= 0.6 is 11.8 Å². The molecule has 0 saturated carbocycles. The third kappa shape index (κ3) is 3.25. The van der Waals surface area contributed by atoms with Gasteiger partial charge in [-0.25, -0.2) is 14.6 Å². The van der Waals surface area contributed by atoms with Crippen LogP contribution in [0.3, 0.4) is 0 Å². The Hall–Kier alpha value is -2.41. The van der Waals surface area contributed by atoms with Gasteiger partial charge in [0.05, 0.1) is 24.5 Å². The van der Waals surface area contributed by atoms with Crippen LogP contribution in [0.1, 0.15) is 12.0 Å². The van der Waals surface area contributed by atoms with E-state index in [2.05, 4.69) is 15.1 Å². The van der Waals surface area contributed by atoms with Crippen LogP contribution in [0.25, 0.3) is 11.0 Å². The average Bonchev–Trinajstić information content (AvgIpc) is 2.92. The zero-order valence-corrected chi connectivity index (χ0v) is 12.5. The molecule has 0 fully saturated rings. The first-order chi connectivity index (χ1) is 10.7. The van der Waals surface area contributed by atoms with Gasteiger partial charge < -0.3 is 5.11 Å². The number of fused-ring (bicyclic) bond motifs is 1. The molecule has 1 N–H and O–H groups in total. The largest absolute Gasteiger partial charge is 0.481 e. The molecule has 0 aliphatic heterocycles. The van der Waals surface area contributed by atoms with Gasteiger partial charge in [0.15, 0.2) is 5.65 Å². The van der Waals surface area contributed by atoms with E-state index in [4.69, 9.17) is 5.11 Å². The number of thioether (sulfide) groups is 1. The Bertz CT molecular complexity index is 789. The number of aliphatic carboxylic acids is 1. The van der Waals surface area contributed by atoms with Gasteiger partial charge in [-0.15, -0.1) is 11.8 Å². The van der Waals surface area contributed by atoms with Crippen molar-refractivity contribution in [1.82, 2.24) is 19.7 Å². The lowest BCUT2D eigenvalue weighted by atomic mass is 10.2. The quantitative estimate of drug-likeness (QED) is 0.556. The predicted molar refractivity (Wildman–Crippen MR) is 83.8 cm³/mol. The molecule has 0 aliphatic carbocycles. The van der Waals surface area contributed by atoms with E-state index in [1.807, 2.05) is 35.0 Å². The molecule has 1 aromatic carbocycles. The van der Waals surface area contributed by atoms with E-state index in [0.717, 1.165) is 21.6 Å². The van der Waals surface area contributed by atoms with Crippen molar-refractivity contribution in [3.05, 3.63) is 48.4 Å². The van der Waals surface area contributed by atoms with Gasteiger partial charge in [0.1, 0.15) is 11.4 Å². The van der Waals surface area contributed by atoms with Gasteiger partial charge in [-0.05, 0) is 5.56 Å². The van der Waals surface area contributed by atoms with Gasteiger partial charge in [-0.2, -0.15) is 5.10 Å². The second kappa shape index (κ2) is 6.57. The molecule has 7 heteroatoms. The van der Waals surface area contributed by atoms with E-state index in [1.54, 1.807) is 6.20 Å². The van der Waals surface area contributed by atoms with Crippen molar-refractivity contribution in [3.8, 4) is 0 Å². The fraction of sp³-hybridized carbons (Fsp3) is 0.200. The SMILES string of the molecule is O=C(O)CCSc1ncnc2c1cnn2Cc1ccccc1. The van der Waals surface area contributed by atoms with Crippen molar-refractivity contribution in [1.29, 1.82) is 0 Å². The van der Waals surface area contributed by atoms with Crippen molar-refractivity contribution in [2.45, 2.75) is 18.0 Å². The lowest BCUT2D eigenvalue weighted by Crippen LogP contribution is -2.02. The molecular weight excluding hydrogens is 300 g/mol. The van der Waals surface area contributed by atoms with E-state index < -0.39 is 5.97 Å². The van der Waals surface area contributed by atoms with Gasteiger partial charge in [0.25, 0.3) is 0 Å². The second-order valence-electron chi connectivity index (χ2n) is 4.70. The number of carboxylic acids is 1. The number of rotatable bonds is 6. The van der Waals surface area contributed by atoms with Crippen LogP contribution in [-0.4, -0.2) is 36.6 Å². The Morgan fingerprint density at radius 3 is 2.82 bits per heavy atom. The summed E-state index contributed by atoms with van der Waals surface area (Å²) in [7, 11) is 0. The van der Waals surface area contributed by atoms with Crippen LogP contribution in [0.4, 0.5) is 0 Å². The first kappa shape index (κ1) is 14.5. The molecule has 0 spiro atoms. The highest BCUT2D eigenvalue weighted by Gasteiger charge is 2.11. The molecule has 0 atom stereocenters. The molecule has 6 nitrogen and oxygen atoms in total. The number of nitrogens with zero attached hydrogens (tertiary/aromatic N) is 4. The Labute approximate surface area is 131 Å². The maximum atomic E-state index is 10.6. The number of hydrogen-bond donors (Lipinski definition) is 1. The zero-order valence-electron chi connectivity index (χ0n) is 11.7. The molecule has 2 aromatic heterocycles. The summed E-state index contributed by atoms with van der Waals surface area (Å²) >= 11 is 1.41. The van der Waals surface area contributed by atoms with E-state index >= 15 is 0 Å². The van der Waals surface area contributed by atoms with Crippen molar-refractivity contribution >= 4 is 28.8 Å². The molecule has 3 aromatic rings. The number of hydrogen-bond acceptors (Lipinski definition) is 5. The lowest BCUT2D eigenvalue weighted by Gasteiger charge is -2.04. The van der Waals surface area contributed by atoms with Crippen LogP contribution in [0.15, 0.2) is 47.9 Å². The molecule has 0 amide bonds. The fourth-order valence-electron chi connectivity index (χ4n) is 2.09. The third-order valence-corrected chi connectivity index (χ3v) is 4.13. The summed E-state index contributed by atoms with van der Waals surface area (Å²) in [6.45, 7) is 0.639. The van der Waals surface area contributed by atoms with Crippen molar-refractivity contribution in [3.63, 3.8) is 0 Å². The lowest BCUT2D eigenvalue weighted by molar-refractivity contribution is -0.136. The van der Waals surface area contributed by atoms with Crippen LogP contribution in [0.5, 0.6) is 0 Å². The average molecular weight is 314 g/mol. The first-order valence-corrected chi connectivity index (χ1v) is 7.77. The summed E-state index contributed by atoms with van der Waals surface area (Å²) in [5.41, 5.74) is 1.91. The van der Waals surface area contributed by atoms with Crippen molar-refractivity contribution in [2.75, 3.05) is 5.75 Å². The van der Waals surface area contributed by atoms with E-state index in [9.17, 15) is 4.79 Å². The Morgan fingerprint density at radius 2 is 2.05 bits per heavy atom. The van der Waals surface area contributed by atoms with Crippen LogP contribution in [0, 0.1) is 0 Å². The van der Waals surface area contributed by atoms with Crippen LogP contribution in [-0.2, 0) is 11.3 Å². The summed E-state index contributed by atoms with van der Waals surface area (Å²) in [4.78, 5) is 19.1. The molecule has 22 heavy (non-hydrogen) atoms. The smallest absolute Gasteiger partial charge is 0.304 e. The van der Waals surface area contributed by atoms with Gasteiger partial charge in [-0.1, -0.05) is 30.3 Å². The minimum Gasteiger partial charge on any atom is -0.481 e. The third-order valence-electron chi connectivity index (χ3n) is 3.13. The maximum Gasteiger partial charge on any atom is 0.304 e. The number of carboxylic acid groups (broad SMARTS) is 1. The molecule has 112 valence electrons. The first-order valence-electron chi connectivity index (χ1n) is 6.79. The standard InChI is InChI=1S/C15H14N4O2S/c20-13(21)6-7-22-15-12-8-18-19(14(12)16-10-17-15)9-11-4-2-1-3-5-11/h1-5,8,10H,6-7,9H2,(H,20,21). The fourth-order valence-corrected chi connectivity index (χ4v) is 2.98. The summed E-state index contributed by atoms with van der Waals surface area (Å²) < 4.78 is 1.83. The van der Waals surface area contributed by atoms with Gasteiger partial charge in [-0.3, -0.25) is 4.79 Å². The summed E-state index contributed by atoms with van der Waals surface area (Å²) in [5, 5.41) is 14.7. The molecule has 0 saturated heterocycles. The monoisotopic (exact) mass is 314 g/mol. The van der Waals surface area contributed by atoms with Crippen molar-refractivity contribution in [2.24, 2.45) is 0 Å². The second-order valence-corrected chi connectivity index (χ2v) is 5.78. The van der Waals surface area contributed by atoms with Crippen molar-refractivity contribution < 1.29 is 9.90 Å². The highest BCUT2D eigenvalue weighted by atomic mass is 32.2. The highest BCUT2D eigenvalue weighted by Crippen LogP contribution is 2.25. The zero-order chi connectivity index (χ0) is 15.4. The summed E-state index contributed by atoms with van der Waals surface area (Å²) in [6.07, 6.45) is 3.34. The molecule has 3 rings (SSSR count). The maximum absolute atomic E-state index is 10.6. The Morgan fingerprint density at radius 1 is 1.23 bits per heavy atom. The van der Waals surface area contributed by atoms with E-state index in [-0.39, 0.29) is 6.42 Å². The van der Waals surface area contributed by atoms with Gasteiger partial charge in [0, 0.05) is 5.75 Å². The van der Waals surface area contributed by atoms with Crippen LogP contribution in [0.2, 0.25) is 0 Å². The minimum atomic E-state index is -0.808. The molecule has 0 aliphatic rings. The number of benzene rings is 1. The summed E-state index contributed by atoms with van der Waals surface area (Å²) in [6, 6.07) is 10.0. The predicted octanol–water partition coefficient (Wildman–Crippen LogP) is 2.44. The number of carbonyl (C=O) groups is 1. The molecule has 0 radical (unpaired) electrons. The van der Waals surface area contributed by atoms with E-state index in [1.165, 1.54) is 18.1 Å². The van der Waals surface area contributed by atoms with Gasteiger partial charge >= 0.3 is 5.97 Å². The normalized spacial score (nSPS) is 10.9. The Kier molecular flexibility index (Phi) is 4.34. The number of aromatic nitrogens is 4. The van der Waals surface area contributed by atoms with Gasteiger partial charge in [0.2, 0.25) is 0 Å². The van der Waals surface area contributed by atoms with E-state index in [0.29, 0.717) is 12.3 Å². The highest BCUT2D eigenvalue weighted by molar-refractivity contribution is 7.99. The molecule has 0 unspecified atom stereocenters. The topological polar surface area (TPSA) is 80.9 Å². The Balaban J connectivity index is 1.83. The minimum absolute atomic E-state index is 0.105.